The van der Waals surface area contributed by atoms with Gasteiger partial charge in [0, 0.05) is 13.1 Å². The molecule has 0 aliphatic carbocycles. The fourth-order valence-corrected chi connectivity index (χ4v) is 1.43. The molecule has 1 fully saturated rings. The van der Waals surface area contributed by atoms with Crippen LogP contribution >= 0.6 is 0 Å². The van der Waals surface area contributed by atoms with Gasteiger partial charge in [0.15, 0.2) is 5.96 Å². The summed E-state index contributed by atoms with van der Waals surface area (Å²) in [5.41, 5.74) is 9.61. The minimum atomic E-state index is -0.723. The predicted octanol–water partition coefficient (Wildman–Crippen LogP) is -1.67. The van der Waals surface area contributed by atoms with Gasteiger partial charge in [-0.15, -0.1) is 0 Å². The van der Waals surface area contributed by atoms with E-state index in [4.69, 9.17) is 11.5 Å². The van der Waals surface area contributed by atoms with Gasteiger partial charge in [-0.2, -0.15) is 0 Å². The average Bonchev–Trinajstić information content (AvgIpc) is 2.29. The molecule has 0 radical (unpaired) electrons. The first kappa shape index (κ1) is 9.28. The van der Waals surface area contributed by atoms with Crippen molar-refractivity contribution in [2.45, 2.75) is 12.0 Å². The molecule has 5 nitrogen and oxygen atoms in total. The third kappa shape index (κ3) is 2.35. The molecule has 5 heteroatoms. The highest BCUT2D eigenvalue weighted by atomic mass is 16.3. The monoisotopic (exact) mass is 172 g/mol. The van der Waals surface area contributed by atoms with Crippen molar-refractivity contribution in [3.63, 3.8) is 0 Å². The van der Waals surface area contributed by atoms with Gasteiger partial charge in [0.2, 0.25) is 0 Å². The summed E-state index contributed by atoms with van der Waals surface area (Å²) in [6.07, 6.45) is 0.736. The third-order valence-electron chi connectivity index (χ3n) is 2.08. The number of nitrogens with two attached hydrogens (primary N) is 2. The maximum atomic E-state index is 9.85. The molecule has 1 heterocycles. The van der Waals surface area contributed by atoms with E-state index < -0.39 is 5.60 Å². The molecular formula is C7H16N4O. The Balaban J connectivity index is 2.45. The van der Waals surface area contributed by atoms with Gasteiger partial charge in [-0.3, -0.25) is 4.99 Å². The van der Waals surface area contributed by atoms with Crippen molar-refractivity contribution in [2.24, 2.45) is 16.5 Å². The Kier molecular flexibility index (Phi) is 2.54. The van der Waals surface area contributed by atoms with Gasteiger partial charge in [0.05, 0.1) is 12.1 Å². The lowest BCUT2D eigenvalue weighted by Crippen LogP contribution is -2.37. The number of likely N-dealkylation sites (tertiary alicyclic amines) is 1. The Morgan fingerprint density at radius 2 is 2.33 bits per heavy atom. The fraction of sp³-hybridized carbons (Fsp3) is 0.857. The third-order valence-corrected chi connectivity index (χ3v) is 2.08. The van der Waals surface area contributed by atoms with Gasteiger partial charge in [-0.25, -0.2) is 0 Å². The Morgan fingerprint density at radius 1 is 1.67 bits per heavy atom. The maximum Gasteiger partial charge on any atom is 0.186 e. The van der Waals surface area contributed by atoms with Crippen LogP contribution in [0, 0.1) is 0 Å². The minimum absolute atomic E-state index is 0.0398. The number of aliphatic imine (C=N–C) groups is 1. The molecule has 0 aromatic rings. The fourth-order valence-electron chi connectivity index (χ4n) is 1.43. The summed E-state index contributed by atoms with van der Waals surface area (Å²) in [6.45, 7) is 1.85. The highest BCUT2D eigenvalue weighted by Gasteiger charge is 2.33. The smallest absolute Gasteiger partial charge is 0.186 e. The molecule has 12 heavy (non-hydrogen) atoms. The van der Waals surface area contributed by atoms with Crippen LogP contribution in [0.2, 0.25) is 0 Å². The standard InChI is InChI=1S/C7H16N4O/c1-11-3-2-7(12,5-11)4-10-6(8)9/h12H,2-5H2,1H3,(H4,8,9,10). The molecule has 1 aliphatic heterocycles. The normalized spacial score (nSPS) is 30.5. The highest BCUT2D eigenvalue weighted by molar-refractivity contribution is 5.75. The number of aliphatic hydroxyl groups is 1. The molecule has 0 aromatic heterocycles. The zero-order valence-corrected chi connectivity index (χ0v) is 7.32. The van der Waals surface area contributed by atoms with E-state index in [1.54, 1.807) is 0 Å². The predicted molar refractivity (Wildman–Crippen MR) is 47.7 cm³/mol. The molecule has 5 N–H and O–H groups in total. The first-order chi connectivity index (χ1) is 5.52. The van der Waals surface area contributed by atoms with Gasteiger partial charge in [0.1, 0.15) is 0 Å². The van der Waals surface area contributed by atoms with Gasteiger partial charge in [0.25, 0.3) is 0 Å². The van der Waals surface area contributed by atoms with Crippen LogP contribution in [0.15, 0.2) is 4.99 Å². The Bertz CT molecular complexity index is 190. The van der Waals surface area contributed by atoms with Gasteiger partial charge < -0.3 is 21.5 Å². The SMILES string of the molecule is CN1CCC(O)(CN=C(N)N)C1. The van der Waals surface area contributed by atoms with Gasteiger partial charge in [-0.1, -0.05) is 0 Å². The van der Waals surface area contributed by atoms with Crippen molar-refractivity contribution in [1.82, 2.24) is 4.90 Å². The van der Waals surface area contributed by atoms with Crippen LogP contribution in [0.3, 0.4) is 0 Å². The van der Waals surface area contributed by atoms with Gasteiger partial charge >= 0.3 is 0 Å². The number of nitrogens with zero attached hydrogens (tertiary/aromatic N) is 2. The molecule has 0 bridgehead atoms. The zero-order valence-electron chi connectivity index (χ0n) is 7.32. The first-order valence-corrected chi connectivity index (χ1v) is 3.98. The number of guanidine groups is 1. The number of β-amino-alcohol motifs (C(OH)–C–C–N with tert-alkyl or cyclic N) is 1. The summed E-state index contributed by atoms with van der Waals surface area (Å²) in [6, 6.07) is 0. The molecular weight excluding hydrogens is 156 g/mol. The summed E-state index contributed by atoms with van der Waals surface area (Å²) in [7, 11) is 1.97. The van der Waals surface area contributed by atoms with Crippen LogP contribution in [-0.4, -0.2) is 48.2 Å². The van der Waals surface area contributed by atoms with Crippen molar-refractivity contribution in [3.8, 4) is 0 Å². The number of rotatable bonds is 2. The molecule has 0 amide bonds. The molecule has 0 saturated carbocycles. The Morgan fingerprint density at radius 3 is 2.75 bits per heavy atom. The second-order valence-electron chi connectivity index (χ2n) is 3.45. The summed E-state index contributed by atoms with van der Waals surface area (Å²) >= 11 is 0. The van der Waals surface area contributed by atoms with Crippen molar-refractivity contribution in [2.75, 3.05) is 26.7 Å². The number of hydrogen-bond acceptors (Lipinski definition) is 3. The number of likely N-dealkylation sites (N-methyl/N-ethyl adjacent to an activating group) is 1. The first-order valence-electron chi connectivity index (χ1n) is 3.98. The maximum absolute atomic E-state index is 9.85. The molecule has 1 unspecified atom stereocenters. The second-order valence-corrected chi connectivity index (χ2v) is 3.45. The van der Waals surface area contributed by atoms with Crippen molar-refractivity contribution < 1.29 is 5.11 Å². The van der Waals surface area contributed by atoms with E-state index in [0.29, 0.717) is 13.1 Å². The molecule has 0 aromatic carbocycles. The van der Waals surface area contributed by atoms with Crippen LogP contribution in [0.1, 0.15) is 6.42 Å². The number of hydrogen-bond donors (Lipinski definition) is 3. The molecule has 1 atom stereocenters. The molecule has 1 aliphatic rings. The largest absolute Gasteiger partial charge is 0.387 e. The summed E-state index contributed by atoms with van der Waals surface area (Å²) in [5.74, 6) is 0.0398. The van der Waals surface area contributed by atoms with Crippen molar-refractivity contribution >= 4 is 5.96 Å². The Hall–Kier alpha value is -0.810. The van der Waals surface area contributed by atoms with Crippen molar-refractivity contribution in [3.05, 3.63) is 0 Å². The van der Waals surface area contributed by atoms with E-state index >= 15 is 0 Å². The lowest BCUT2D eigenvalue weighted by atomic mass is 10.0. The van der Waals surface area contributed by atoms with Crippen LogP contribution < -0.4 is 11.5 Å². The van der Waals surface area contributed by atoms with E-state index in [1.165, 1.54) is 0 Å². The lowest BCUT2D eigenvalue weighted by Gasteiger charge is -2.19. The van der Waals surface area contributed by atoms with Crippen LogP contribution in [-0.2, 0) is 0 Å². The quantitative estimate of drug-likeness (QED) is 0.343. The molecule has 1 saturated heterocycles. The zero-order chi connectivity index (χ0) is 9.19. The van der Waals surface area contributed by atoms with E-state index in [2.05, 4.69) is 9.89 Å². The van der Waals surface area contributed by atoms with E-state index in [0.717, 1.165) is 13.0 Å². The molecule has 1 rings (SSSR count). The second kappa shape index (κ2) is 3.28. The van der Waals surface area contributed by atoms with Crippen LogP contribution in [0.5, 0.6) is 0 Å². The van der Waals surface area contributed by atoms with Crippen LogP contribution in [0.4, 0.5) is 0 Å². The van der Waals surface area contributed by atoms with E-state index in [1.807, 2.05) is 7.05 Å². The van der Waals surface area contributed by atoms with E-state index in [9.17, 15) is 5.11 Å². The Labute approximate surface area is 72.1 Å². The van der Waals surface area contributed by atoms with Crippen LogP contribution in [0.25, 0.3) is 0 Å². The molecule has 0 spiro atoms. The lowest BCUT2D eigenvalue weighted by molar-refractivity contribution is 0.0614. The summed E-state index contributed by atoms with van der Waals surface area (Å²) in [4.78, 5) is 5.87. The minimum Gasteiger partial charge on any atom is -0.387 e. The summed E-state index contributed by atoms with van der Waals surface area (Å²) < 4.78 is 0. The van der Waals surface area contributed by atoms with Gasteiger partial charge in [-0.05, 0) is 13.5 Å². The average molecular weight is 172 g/mol. The highest BCUT2D eigenvalue weighted by Crippen LogP contribution is 2.19. The van der Waals surface area contributed by atoms with Crippen molar-refractivity contribution in [1.29, 1.82) is 0 Å². The van der Waals surface area contributed by atoms with E-state index in [-0.39, 0.29) is 5.96 Å². The topological polar surface area (TPSA) is 87.9 Å². The summed E-state index contributed by atoms with van der Waals surface area (Å²) in [5, 5.41) is 9.85. The molecule has 70 valence electrons.